The molecule has 0 saturated carbocycles. The number of halogens is 3. The van der Waals surface area contributed by atoms with Crippen molar-refractivity contribution in [1.82, 2.24) is 0 Å². The van der Waals surface area contributed by atoms with Crippen LogP contribution in [0, 0.1) is 5.82 Å². The number of thiocarbonyl (C=S) groups is 1. The van der Waals surface area contributed by atoms with Crippen molar-refractivity contribution in [1.29, 1.82) is 0 Å². The van der Waals surface area contributed by atoms with Gasteiger partial charge in [0.05, 0.1) is 26.7 Å². The SMILES string of the molecule is CCOc1cc(/C=C2/SC(=S)N(c3ccc(F)c(Cl)c3)C2=O)cc(Br)c1OCc1cccc2ccccc12. The van der Waals surface area contributed by atoms with Crippen molar-refractivity contribution in [2.75, 3.05) is 11.5 Å². The summed E-state index contributed by atoms with van der Waals surface area (Å²) in [5, 5.41) is 2.20. The number of benzene rings is 4. The molecular formula is C29H20BrClFNO3S2. The van der Waals surface area contributed by atoms with E-state index in [0.29, 0.717) is 44.1 Å². The van der Waals surface area contributed by atoms with Crippen LogP contribution in [0.1, 0.15) is 18.1 Å². The molecule has 0 unspecified atom stereocenters. The maximum absolute atomic E-state index is 13.6. The number of hydrogen-bond donors (Lipinski definition) is 0. The van der Waals surface area contributed by atoms with E-state index in [1.54, 1.807) is 6.08 Å². The van der Waals surface area contributed by atoms with Crippen molar-refractivity contribution in [3.05, 3.63) is 104 Å². The molecule has 1 saturated heterocycles. The molecule has 192 valence electrons. The van der Waals surface area contributed by atoms with Gasteiger partial charge in [0.2, 0.25) is 0 Å². The minimum Gasteiger partial charge on any atom is -0.490 e. The summed E-state index contributed by atoms with van der Waals surface area (Å²) < 4.78 is 26.8. The Morgan fingerprint density at radius 1 is 1.08 bits per heavy atom. The van der Waals surface area contributed by atoms with Gasteiger partial charge in [-0.1, -0.05) is 78.0 Å². The quantitative estimate of drug-likeness (QED) is 0.151. The molecule has 0 bridgehead atoms. The fraction of sp³-hybridized carbons (Fsp3) is 0.103. The van der Waals surface area contributed by atoms with Crippen molar-refractivity contribution >= 4 is 84.3 Å². The summed E-state index contributed by atoms with van der Waals surface area (Å²) >= 11 is 16.1. The molecule has 0 radical (unpaired) electrons. The van der Waals surface area contributed by atoms with Crippen LogP contribution in [0.15, 0.2) is 82.2 Å². The number of hydrogen-bond acceptors (Lipinski definition) is 5. The average molecular weight is 629 g/mol. The second kappa shape index (κ2) is 11.5. The topological polar surface area (TPSA) is 38.8 Å². The third-order valence-electron chi connectivity index (χ3n) is 5.84. The van der Waals surface area contributed by atoms with Crippen LogP contribution >= 0.6 is 51.5 Å². The van der Waals surface area contributed by atoms with Crippen LogP contribution < -0.4 is 14.4 Å². The Hall–Kier alpha value is -2.91. The van der Waals surface area contributed by atoms with Crippen LogP contribution in [0.25, 0.3) is 16.8 Å². The summed E-state index contributed by atoms with van der Waals surface area (Å²) in [4.78, 5) is 15.0. The molecule has 1 aliphatic heterocycles. The van der Waals surface area contributed by atoms with Gasteiger partial charge in [0, 0.05) is 0 Å². The van der Waals surface area contributed by atoms with Crippen LogP contribution in [0.2, 0.25) is 5.02 Å². The van der Waals surface area contributed by atoms with E-state index in [2.05, 4.69) is 34.1 Å². The summed E-state index contributed by atoms with van der Waals surface area (Å²) in [6.07, 6.45) is 1.74. The lowest BCUT2D eigenvalue weighted by Gasteiger charge is -2.16. The number of carbonyl (C=O) groups excluding carboxylic acids is 1. The second-order valence-electron chi connectivity index (χ2n) is 8.31. The number of ether oxygens (including phenoxy) is 2. The van der Waals surface area contributed by atoms with Crippen molar-refractivity contribution in [2.45, 2.75) is 13.5 Å². The highest BCUT2D eigenvalue weighted by atomic mass is 79.9. The fourth-order valence-electron chi connectivity index (χ4n) is 4.11. The molecule has 0 N–H and O–H groups in total. The van der Waals surface area contributed by atoms with Gasteiger partial charge in [0.25, 0.3) is 5.91 Å². The Balaban J connectivity index is 1.42. The number of nitrogens with zero attached hydrogens (tertiary/aromatic N) is 1. The molecule has 9 heteroatoms. The summed E-state index contributed by atoms with van der Waals surface area (Å²) in [5.74, 6) is 0.250. The number of rotatable bonds is 7. The molecule has 0 atom stereocenters. The lowest BCUT2D eigenvalue weighted by molar-refractivity contribution is -0.113. The van der Waals surface area contributed by atoms with Gasteiger partial charge in [0.1, 0.15) is 12.4 Å². The Labute approximate surface area is 242 Å². The van der Waals surface area contributed by atoms with E-state index in [0.717, 1.165) is 33.7 Å². The second-order valence-corrected chi connectivity index (χ2v) is 11.2. The highest BCUT2D eigenvalue weighted by molar-refractivity contribution is 9.10. The van der Waals surface area contributed by atoms with Gasteiger partial charge in [-0.2, -0.15) is 0 Å². The lowest BCUT2D eigenvalue weighted by Crippen LogP contribution is -2.27. The highest BCUT2D eigenvalue weighted by Crippen LogP contribution is 2.41. The molecule has 4 aromatic rings. The molecule has 5 rings (SSSR count). The zero-order chi connectivity index (χ0) is 26.8. The third-order valence-corrected chi connectivity index (χ3v) is 8.02. The zero-order valence-corrected chi connectivity index (χ0v) is 24.0. The van der Waals surface area contributed by atoms with Crippen molar-refractivity contribution < 1.29 is 18.7 Å². The van der Waals surface area contributed by atoms with Gasteiger partial charge >= 0.3 is 0 Å². The van der Waals surface area contributed by atoms with E-state index in [1.807, 2.05) is 43.3 Å². The first-order valence-corrected chi connectivity index (χ1v) is 14.0. The molecule has 4 aromatic carbocycles. The molecule has 0 spiro atoms. The summed E-state index contributed by atoms with van der Waals surface area (Å²) in [6, 6.07) is 22.1. The minimum atomic E-state index is -0.563. The molecule has 1 amide bonds. The smallest absolute Gasteiger partial charge is 0.270 e. The van der Waals surface area contributed by atoms with Gasteiger partial charge in [-0.3, -0.25) is 9.69 Å². The fourth-order valence-corrected chi connectivity index (χ4v) is 6.16. The van der Waals surface area contributed by atoms with E-state index in [9.17, 15) is 9.18 Å². The summed E-state index contributed by atoms with van der Waals surface area (Å²) in [7, 11) is 0. The lowest BCUT2D eigenvalue weighted by atomic mass is 10.1. The van der Waals surface area contributed by atoms with Crippen LogP contribution in [0.5, 0.6) is 11.5 Å². The third kappa shape index (κ3) is 5.45. The van der Waals surface area contributed by atoms with E-state index in [1.165, 1.54) is 23.1 Å². The largest absolute Gasteiger partial charge is 0.490 e. The van der Waals surface area contributed by atoms with E-state index >= 15 is 0 Å². The van der Waals surface area contributed by atoms with Crippen LogP contribution in [-0.2, 0) is 11.4 Å². The minimum absolute atomic E-state index is 0.0788. The monoisotopic (exact) mass is 627 g/mol. The summed E-state index contributed by atoms with van der Waals surface area (Å²) in [6.45, 7) is 2.69. The predicted octanol–water partition coefficient (Wildman–Crippen LogP) is 8.78. The maximum Gasteiger partial charge on any atom is 0.270 e. The Morgan fingerprint density at radius 3 is 2.66 bits per heavy atom. The molecule has 1 aliphatic rings. The highest BCUT2D eigenvalue weighted by Gasteiger charge is 2.33. The van der Waals surface area contributed by atoms with Crippen LogP contribution in [0.4, 0.5) is 10.1 Å². The zero-order valence-electron chi connectivity index (χ0n) is 20.0. The number of carbonyl (C=O) groups is 1. The number of amides is 1. The molecular weight excluding hydrogens is 609 g/mol. The van der Waals surface area contributed by atoms with Gasteiger partial charge in [0.15, 0.2) is 15.8 Å². The first-order valence-electron chi connectivity index (χ1n) is 11.6. The number of fused-ring (bicyclic) bond motifs is 1. The number of anilines is 1. The molecule has 0 aliphatic carbocycles. The van der Waals surface area contributed by atoms with E-state index < -0.39 is 5.82 Å². The number of thioether (sulfide) groups is 1. The standard InChI is InChI=1S/C29H20BrClFNO3S2/c1-2-35-25-13-17(14-26-28(34)33(29(37)38-26)20-10-11-24(32)23(31)15-20)12-22(30)27(25)36-16-19-8-5-7-18-6-3-4-9-21(18)19/h3-15H,2,16H2,1H3/b26-14+. The van der Waals surface area contributed by atoms with Crippen molar-refractivity contribution in [3.63, 3.8) is 0 Å². The Bertz CT molecular complexity index is 1610. The van der Waals surface area contributed by atoms with Gasteiger partial charge in [-0.15, -0.1) is 0 Å². The van der Waals surface area contributed by atoms with Crippen molar-refractivity contribution in [2.24, 2.45) is 0 Å². The predicted molar refractivity (Wildman–Crippen MR) is 161 cm³/mol. The molecule has 4 nitrogen and oxygen atoms in total. The summed E-state index contributed by atoms with van der Waals surface area (Å²) in [5.41, 5.74) is 2.21. The van der Waals surface area contributed by atoms with E-state index in [-0.39, 0.29) is 10.9 Å². The van der Waals surface area contributed by atoms with Gasteiger partial charge in [-0.05, 0) is 81.2 Å². The van der Waals surface area contributed by atoms with Crippen molar-refractivity contribution in [3.8, 4) is 11.5 Å². The van der Waals surface area contributed by atoms with E-state index in [4.69, 9.17) is 33.3 Å². The Kier molecular flexibility index (Phi) is 8.04. The van der Waals surface area contributed by atoms with Gasteiger partial charge < -0.3 is 9.47 Å². The molecule has 0 aromatic heterocycles. The van der Waals surface area contributed by atoms with Crippen LogP contribution in [0.3, 0.4) is 0 Å². The maximum atomic E-state index is 13.6. The molecule has 38 heavy (non-hydrogen) atoms. The first kappa shape index (κ1) is 26.7. The molecule has 1 fully saturated rings. The first-order chi connectivity index (χ1) is 18.4. The molecule has 1 heterocycles. The van der Waals surface area contributed by atoms with Gasteiger partial charge in [-0.25, -0.2) is 4.39 Å². The Morgan fingerprint density at radius 2 is 1.87 bits per heavy atom. The normalized spacial score (nSPS) is 14.5. The average Bonchev–Trinajstić information content (AvgIpc) is 3.17. The van der Waals surface area contributed by atoms with Crippen LogP contribution in [-0.4, -0.2) is 16.8 Å².